The van der Waals surface area contributed by atoms with E-state index in [1.807, 2.05) is 18.4 Å². The van der Waals surface area contributed by atoms with Crippen molar-refractivity contribution in [1.82, 2.24) is 20.2 Å². The molecule has 3 aromatic rings. The van der Waals surface area contributed by atoms with Crippen LogP contribution >= 0.6 is 11.3 Å². The van der Waals surface area contributed by atoms with Crippen LogP contribution in [0.2, 0.25) is 0 Å². The van der Waals surface area contributed by atoms with E-state index >= 15 is 0 Å². The number of hydrogen-bond donors (Lipinski definition) is 0. The maximum Gasteiger partial charge on any atom is 0.353 e. The fraction of sp³-hybridized carbons (Fsp3) is 0.143. The molecule has 0 radical (unpaired) electrons. The molecule has 2 heterocycles. The maximum absolute atomic E-state index is 12.1. The van der Waals surface area contributed by atoms with Crippen molar-refractivity contribution in [3.8, 4) is 11.4 Å². The second-order valence-corrected chi connectivity index (χ2v) is 5.18. The van der Waals surface area contributed by atoms with Crippen LogP contribution < -0.4 is 4.74 Å². The number of esters is 1. The van der Waals surface area contributed by atoms with Crippen LogP contribution in [0, 0.1) is 0 Å². The molecule has 7 heteroatoms. The molecule has 0 unspecified atom stereocenters. The molecule has 0 aliphatic rings. The van der Waals surface area contributed by atoms with Gasteiger partial charge >= 0.3 is 5.97 Å². The van der Waals surface area contributed by atoms with Crippen LogP contribution in [0.15, 0.2) is 42.0 Å². The van der Waals surface area contributed by atoms with E-state index in [0.717, 1.165) is 17.7 Å². The molecule has 0 saturated heterocycles. The number of aromatic nitrogens is 4. The molecule has 0 saturated carbocycles. The Balaban J connectivity index is 1.75. The van der Waals surface area contributed by atoms with E-state index in [2.05, 4.69) is 15.5 Å². The van der Waals surface area contributed by atoms with E-state index in [0.29, 0.717) is 10.6 Å². The molecular formula is C14H12N4O2S. The number of hydrogen-bond acceptors (Lipinski definition) is 6. The van der Waals surface area contributed by atoms with Crippen LogP contribution in [0.3, 0.4) is 0 Å². The van der Waals surface area contributed by atoms with Crippen molar-refractivity contribution in [1.29, 1.82) is 0 Å². The van der Waals surface area contributed by atoms with Gasteiger partial charge in [-0.1, -0.05) is 6.92 Å². The number of carbonyl (C=O) groups is 1. The van der Waals surface area contributed by atoms with Gasteiger partial charge in [-0.3, -0.25) is 0 Å². The number of benzene rings is 1. The molecule has 0 bridgehead atoms. The zero-order valence-corrected chi connectivity index (χ0v) is 12.1. The van der Waals surface area contributed by atoms with Crippen molar-refractivity contribution in [3.05, 3.63) is 52.5 Å². The Morgan fingerprint density at radius 3 is 2.76 bits per heavy atom. The van der Waals surface area contributed by atoms with Crippen LogP contribution in [0.5, 0.6) is 5.75 Å². The number of carbonyl (C=O) groups excluding carboxylic acids is 1. The smallest absolute Gasteiger partial charge is 0.353 e. The average Bonchev–Trinajstić information content (AvgIpc) is 3.19. The molecule has 0 atom stereocenters. The zero-order chi connectivity index (χ0) is 14.7. The van der Waals surface area contributed by atoms with Crippen LogP contribution in [0.25, 0.3) is 5.69 Å². The Labute approximate surface area is 125 Å². The SMILES string of the molecule is CCc1ccsc1C(=O)Oc1ccc(-n2cnnn2)cc1. The summed E-state index contributed by atoms with van der Waals surface area (Å²) in [4.78, 5) is 12.8. The van der Waals surface area contributed by atoms with Gasteiger partial charge < -0.3 is 4.74 Å². The van der Waals surface area contributed by atoms with Crippen molar-refractivity contribution < 1.29 is 9.53 Å². The van der Waals surface area contributed by atoms with Gasteiger partial charge in [0.2, 0.25) is 0 Å². The summed E-state index contributed by atoms with van der Waals surface area (Å²) in [5.74, 6) is 0.171. The predicted molar refractivity (Wildman–Crippen MR) is 77.8 cm³/mol. The lowest BCUT2D eigenvalue weighted by Gasteiger charge is -2.05. The Morgan fingerprint density at radius 2 is 2.10 bits per heavy atom. The first kappa shape index (κ1) is 13.4. The lowest BCUT2D eigenvalue weighted by molar-refractivity contribution is 0.0739. The van der Waals surface area contributed by atoms with Crippen molar-refractivity contribution in [3.63, 3.8) is 0 Å². The van der Waals surface area contributed by atoms with Gasteiger partial charge in [0.25, 0.3) is 0 Å². The van der Waals surface area contributed by atoms with Gasteiger partial charge in [-0.15, -0.1) is 16.4 Å². The van der Waals surface area contributed by atoms with Crippen molar-refractivity contribution in [2.45, 2.75) is 13.3 Å². The van der Waals surface area contributed by atoms with Crippen molar-refractivity contribution >= 4 is 17.3 Å². The zero-order valence-electron chi connectivity index (χ0n) is 11.3. The van der Waals surface area contributed by atoms with Gasteiger partial charge in [-0.05, 0) is 58.1 Å². The molecular weight excluding hydrogens is 288 g/mol. The second-order valence-electron chi connectivity index (χ2n) is 4.27. The third-order valence-corrected chi connectivity index (χ3v) is 3.91. The number of tetrazole rings is 1. The molecule has 21 heavy (non-hydrogen) atoms. The maximum atomic E-state index is 12.1. The number of rotatable bonds is 4. The Bertz CT molecular complexity index is 735. The minimum Gasteiger partial charge on any atom is -0.422 e. The third kappa shape index (κ3) is 2.82. The van der Waals surface area contributed by atoms with Crippen molar-refractivity contribution in [2.75, 3.05) is 0 Å². The predicted octanol–water partition coefficient (Wildman–Crippen LogP) is 2.51. The highest BCUT2D eigenvalue weighted by Crippen LogP contribution is 2.21. The highest BCUT2D eigenvalue weighted by Gasteiger charge is 2.14. The Morgan fingerprint density at radius 1 is 1.29 bits per heavy atom. The standard InChI is InChI=1S/C14H12N4O2S/c1-2-10-7-8-21-13(10)14(19)20-12-5-3-11(4-6-12)18-9-15-16-17-18/h3-9H,2H2,1H3. The highest BCUT2D eigenvalue weighted by atomic mass is 32.1. The summed E-state index contributed by atoms with van der Waals surface area (Å²) in [6, 6.07) is 8.95. The fourth-order valence-corrected chi connectivity index (χ4v) is 2.76. The molecule has 1 aromatic carbocycles. The van der Waals surface area contributed by atoms with E-state index in [1.165, 1.54) is 22.3 Å². The lowest BCUT2D eigenvalue weighted by atomic mass is 10.2. The average molecular weight is 300 g/mol. The summed E-state index contributed by atoms with van der Waals surface area (Å²) >= 11 is 1.40. The first-order chi connectivity index (χ1) is 10.3. The highest BCUT2D eigenvalue weighted by molar-refractivity contribution is 7.12. The van der Waals surface area contributed by atoms with Crippen LogP contribution in [0.4, 0.5) is 0 Å². The van der Waals surface area contributed by atoms with Gasteiger partial charge in [0.05, 0.1) is 5.69 Å². The van der Waals surface area contributed by atoms with Crippen LogP contribution in [-0.2, 0) is 6.42 Å². The first-order valence-corrected chi connectivity index (χ1v) is 7.28. The summed E-state index contributed by atoms with van der Waals surface area (Å²) in [5, 5.41) is 12.8. The number of thiophene rings is 1. The van der Waals surface area contributed by atoms with Gasteiger partial charge in [-0.2, -0.15) is 0 Å². The molecule has 0 aliphatic heterocycles. The van der Waals surface area contributed by atoms with Gasteiger partial charge in [-0.25, -0.2) is 9.48 Å². The lowest BCUT2D eigenvalue weighted by Crippen LogP contribution is -2.08. The number of ether oxygens (including phenoxy) is 1. The molecule has 0 fully saturated rings. The van der Waals surface area contributed by atoms with E-state index < -0.39 is 0 Å². The molecule has 6 nitrogen and oxygen atoms in total. The van der Waals surface area contributed by atoms with E-state index in [-0.39, 0.29) is 5.97 Å². The summed E-state index contributed by atoms with van der Waals surface area (Å²) in [6.07, 6.45) is 2.31. The molecule has 0 N–H and O–H groups in total. The van der Waals surface area contributed by atoms with Gasteiger partial charge in [0, 0.05) is 0 Å². The minimum atomic E-state index is -0.322. The fourth-order valence-electron chi connectivity index (χ4n) is 1.89. The number of aryl methyl sites for hydroxylation is 1. The molecule has 0 amide bonds. The summed E-state index contributed by atoms with van der Waals surface area (Å²) in [5.41, 5.74) is 1.81. The Kier molecular flexibility index (Phi) is 3.74. The first-order valence-electron chi connectivity index (χ1n) is 6.40. The number of nitrogens with zero attached hydrogens (tertiary/aromatic N) is 4. The second kappa shape index (κ2) is 5.84. The largest absolute Gasteiger partial charge is 0.422 e. The normalized spacial score (nSPS) is 10.5. The van der Waals surface area contributed by atoms with Crippen molar-refractivity contribution in [2.24, 2.45) is 0 Å². The monoisotopic (exact) mass is 300 g/mol. The molecule has 0 spiro atoms. The molecule has 0 aliphatic carbocycles. The van der Waals surface area contributed by atoms with Crippen LogP contribution in [0.1, 0.15) is 22.2 Å². The van der Waals surface area contributed by atoms with Gasteiger partial charge in [0.15, 0.2) is 0 Å². The minimum absolute atomic E-state index is 0.322. The van der Waals surface area contributed by atoms with Gasteiger partial charge in [0.1, 0.15) is 17.0 Å². The molecule has 106 valence electrons. The Hall–Kier alpha value is -2.54. The third-order valence-electron chi connectivity index (χ3n) is 2.97. The van der Waals surface area contributed by atoms with E-state index in [1.54, 1.807) is 24.3 Å². The summed E-state index contributed by atoms with van der Waals surface area (Å²) < 4.78 is 6.91. The summed E-state index contributed by atoms with van der Waals surface area (Å²) in [7, 11) is 0. The van der Waals surface area contributed by atoms with Crippen LogP contribution in [-0.4, -0.2) is 26.2 Å². The molecule has 3 rings (SSSR count). The van der Waals surface area contributed by atoms with E-state index in [4.69, 9.17) is 4.74 Å². The quantitative estimate of drug-likeness (QED) is 0.547. The summed E-state index contributed by atoms with van der Waals surface area (Å²) in [6.45, 7) is 2.01. The molecule has 2 aromatic heterocycles. The van der Waals surface area contributed by atoms with E-state index in [9.17, 15) is 4.79 Å². The topological polar surface area (TPSA) is 69.9 Å².